The third-order valence-corrected chi connectivity index (χ3v) is 6.35. The van der Waals surface area contributed by atoms with Crippen molar-refractivity contribution >= 4 is 0 Å². The molecule has 0 fully saturated rings. The summed E-state index contributed by atoms with van der Waals surface area (Å²) in [6, 6.07) is 0. The van der Waals surface area contributed by atoms with Crippen molar-refractivity contribution in [2.45, 2.75) is 0 Å². The summed E-state index contributed by atoms with van der Waals surface area (Å²) in [6.07, 6.45) is 0. The first kappa shape index (κ1) is 10.6. The van der Waals surface area contributed by atoms with Crippen LogP contribution in [0.2, 0.25) is 0 Å². The van der Waals surface area contributed by atoms with Crippen LogP contribution < -0.4 is 0 Å². The Labute approximate surface area is 71.7 Å². The number of hydrogen-bond acceptors (Lipinski definition) is 3. The zero-order valence-electron chi connectivity index (χ0n) is 7.79. The predicted molar refractivity (Wildman–Crippen MR) is 41.1 cm³/mol. The third-order valence-electron chi connectivity index (χ3n) is 1.07. The summed E-state index contributed by atoms with van der Waals surface area (Å²) in [5, 5.41) is 0. The van der Waals surface area contributed by atoms with Gasteiger partial charge in [0.1, 0.15) is 0 Å². The number of rotatable bonds is 3. The number of nitrogens with zero attached hydrogens (tertiary/aromatic N) is 3. The topological polar surface area (TPSA) is 9.72 Å². The molecule has 0 aliphatic carbocycles. The van der Waals surface area contributed by atoms with Crippen LogP contribution in [0.15, 0.2) is 0 Å². The quantitative estimate of drug-likeness (QED) is 0.628. The van der Waals surface area contributed by atoms with Gasteiger partial charge in [0.05, 0.1) is 0 Å². The van der Waals surface area contributed by atoms with E-state index in [1.807, 2.05) is 0 Å². The summed E-state index contributed by atoms with van der Waals surface area (Å²) in [4.78, 5) is 0. The molecule has 0 N–H and O–H groups in total. The van der Waals surface area contributed by atoms with Crippen LogP contribution >= 0.6 is 0 Å². The summed E-state index contributed by atoms with van der Waals surface area (Å²) >= 11 is -1.38. The average Bonchev–Trinajstić information content (AvgIpc) is 1.59. The Kier molecular flexibility index (Phi) is 4.77. The van der Waals surface area contributed by atoms with Crippen LogP contribution in [0.5, 0.6) is 0 Å². The fourth-order valence-corrected chi connectivity index (χ4v) is 6.35. The molecule has 0 radical (unpaired) electrons. The first-order valence-corrected chi connectivity index (χ1v) is 6.23. The Hall–Kier alpha value is 0.620. The van der Waals surface area contributed by atoms with Gasteiger partial charge in [0.2, 0.25) is 0 Å². The molecule has 0 spiro atoms. The molecule has 0 aromatic heterocycles. The van der Waals surface area contributed by atoms with Gasteiger partial charge in [-0.05, 0) is 0 Å². The van der Waals surface area contributed by atoms with Crippen molar-refractivity contribution in [2.24, 2.45) is 0 Å². The minimum absolute atomic E-state index is 1.38. The van der Waals surface area contributed by atoms with E-state index in [1.165, 1.54) is 0 Å². The van der Waals surface area contributed by atoms with Gasteiger partial charge in [-0.2, -0.15) is 0 Å². The second kappa shape index (κ2) is 4.49. The molecular weight excluding hydrogens is 207 g/mol. The molecule has 0 rings (SSSR count). The van der Waals surface area contributed by atoms with Crippen molar-refractivity contribution in [1.82, 2.24) is 9.91 Å². The standard InChI is InChI=1S/3C2H6N.Nb/c3*1-3-2;/h3*1-2H3;/q3*-1;+3. The van der Waals surface area contributed by atoms with Crippen LogP contribution in [-0.2, 0) is 19.2 Å². The average molecular weight is 225 g/mol. The maximum atomic E-state index is 2.35. The van der Waals surface area contributed by atoms with E-state index >= 15 is 0 Å². The molecule has 10 heavy (non-hydrogen) atoms. The fourth-order valence-electron chi connectivity index (χ4n) is 1.07. The zero-order chi connectivity index (χ0) is 8.31. The first-order valence-electron chi connectivity index (χ1n) is 3.28. The van der Waals surface area contributed by atoms with Crippen LogP contribution in [0.4, 0.5) is 0 Å². The van der Waals surface area contributed by atoms with Crippen molar-refractivity contribution in [2.75, 3.05) is 42.3 Å². The van der Waals surface area contributed by atoms with Gasteiger partial charge in [0, 0.05) is 0 Å². The van der Waals surface area contributed by atoms with E-state index in [0.29, 0.717) is 0 Å². The van der Waals surface area contributed by atoms with E-state index in [-0.39, 0.29) is 0 Å². The van der Waals surface area contributed by atoms with Gasteiger partial charge in [-0.1, -0.05) is 0 Å². The Morgan fingerprint density at radius 2 is 0.800 bits per heavy atom. The van der Waals surface area contributed by atoms with Crippen molar-refractivity contribution in [3.8, 4) is 0 Å². The Balaban J connectivity index is 3.98. The van der Waals surface area contributed by atoms with Gasteiger partial charge in [-0.15, -0.1) is 0 Å². The van der Waals surface area contributed by atoms with Gasteiger partial charge >= 0.3 is 71.4 Å². The molecule has 3 nitrogen and oxygen atoms in total. The Morgan fingerprint density at radius 1 is 0.600 bits per heavy atom. The second-order valence-electron chi connectivity index (χ2n) is 2.81. The maximum absolute atomic E-state index is 2.35. The Bertz CT molecular complexity index is 74.0. The first-order chi connectivity index (χ1) is 4.46. The van der Waals surface area contributed by atoms with Gasteiger partial charge in [0.25, 0.3) is 0 Å². The van der Waals surface area contributed by atoms with E-state index in [1.54, 1.807) is 0 Å². The number of hydrogen-bond donors (Lipinski definition) is 0. The molecule has 0 bridgehead atoms. The van der Waals surface area contributed by atoms with E-state index in [4.69, 9.17) is 0 Å². The molecule has 0 unspecified atom stereocenters. The summed E-state index contributed by atoms with van der Waals surface area (Å²) in [7, 11) is 12.9. The molecule has 0 atom stereocenters. The van der Waals surface area contributed by atoms with E-state index < -0.39 is 19.2 Å². The molecule has 0 saturated carbocycles. The van der Waals surface area contributed by atoms with E-state index in [2.05, 4.69) is 52.2 Å². The molecule has 0 aromatic carbocycles. The predicted octanol–water partition coefficient (Wildman–Crippen LogP) is 0.0344. The van der Waals surface area contributed by atoms with Crippen LogP contribution in [0, 0.1) is 0 Å². The van der Waals surface area contributed by atoms with Gasteiger partial charge in [0.15, 0.2) is 0 Å². The summed E-state index contributed by atoms with van der Waals surface area (Å²) in [6.45, 7) is 0. The van der Waals surface area contributed by atoms with Crippen LogP contribution in [-0.4, -0.2) is 52.2 Å². The summed E-state index contributed by atoms with van der Waals surface area (Å²) in [5.74, 6) is 0. The minimum atomic E-state index is -1.38. The van der Waals surface area contributed by atoms with E-state index in [9.17, 15) is 0 Å². The third kappa shape index (κ3) is 3.14. The summed E-state index contributed by atoms with van der Waals surface area (Å²) < 4.78 is 7.05. The molecule has 0 heterocycles. The SMILES string of the molecule is C[N](C)[Nb]([N](C)C)[N](C)C. The summed E-state index contributed by atoms with van der Waals surface area (Å²) in [5.41, 5.74) is 0. The fraction of sp³-hybridized carbons (Fsp3) is 1.00. The molecule has 4 heteroatoms. The normalized spacial score (nSPS) is 12.6. The molecular formula is C6H18N3Nb. The molecule has 62 valence electrons. The van der Waals surface area contributed by atoms with Gasteiger partial charge in [-0.3, -0.25) is 0 Å². The Morgan fingerprint density at radius 3 is 0.800 bits per heavy atom. The van der Waals surface area contributed by atoms with Crippen molar-refractivity contribution < 1.29 is 19.2 Å². The molecule has 0 aliphatic heterocycles. The van der Waals surface area contributed by atoms with Gasteiger partial charge < -0.3 is 0 Å². The van der Waals surface area contributed by atoms with Crippen molar-refractivity contribution in [3.63, 3.8) is 0 Å². The van der Waals surface area contributed by atoms with Crippen LogP contribution in [0.1, 0.15) is 0 Å². The molecule has 0 aliphatic rings. The zero-order valence-corrected chi connectivity index (χ0v) is 9.99. The van der Waals surface area contributed by atoms with E-state index in [0.717, 1.165) is 0 Å². The molecule has 0 aromatic rings. The second-order valence-corrected chi connectivity index (χ2v) is 10.0. The molecule has 0 saturated heterocycles. The van der Waals surface area contributed by atoms with Crippen LogP contribution in [0.25, 0.3) is 0 Å². The molecule has 0 amide bonds. The van der Waals surface area contributed by atoms with Crippen LogP contribution in [0.3, 0.4) is 0 Å². The monoisotopic (exact) mass is 225 g/mol. The van der Waals surface area contributed by atoms with Crippen molar-refractivity contribution in [3.05, 3.63) is 0 Å². The van der Waals surface area contributed by atoms with Crippen molar-refractivity contribution in [1.29, 1.82) is 0 Å². The van der Waals surface area contributed by atoms with Gasteiger partial charge in [-0.25, -0.2) is 0 Å².